The highest BCUT2D eigenvalue weighted by Crippen LogP contribution is 2.26. The molecule has 3 N–H and O–H groups in total. The Balaban J connectivity index is 0.00000392. The van der Waals surface area contributed by atoms with Gasteiger partial charge in [-0.2, -0.15) is 0 Å². The van der Waals surface area contributed by atoms with E-state index in [1.165, 1.54) is 11.3 Å². The molecule has 1 aromatic carbocycles. The number of aromatic nitrogens is 1. The van der Waals surface area contributed by atoms with Gasteiger partial charge in [-0.05, 0) is 44.3 Å². The van der Waals surface area contributed by atoms with E-state index in [9.17, 15) is 9.59 Å². The van der Waals surface area contributed by atoms with Crippen molar-refractivity contribution in [3.63, 3.8) is 0 Å². The van der Waals surface area contributed by atoms with Crippen LogP contribution in [-0.4, -0.2) is 53.0 Å². The molecule has 1 heterocycles. The Labute approximate surface area is 175 Å². The van der Waals surface area contributed by atoms with Crippen LogP contribution in [0.5, 0.6) is 0 Å². The minimum absolute atomic E-state index is 0. The number of carboxylic acid groups (broad SMARTS) is 1. The first-order chi connectivity index (χ1) is 12.9. The molecule has 28 heavy (non-hydrogen) atoms. The minimum Gasteiger partial charge on any atom is -0.481 e. The van der Waals surface area contributed by atoms with E-state index in [1.54, 1.807) is 19.1 Å². The van der Waals surface area contributed by atoms with Crippen LogP contribution in [0.2, 0.25) is 0 Å². The molecular formula is C19H27ClN4O3S. The molecule has 0 unspecified atom stereocenters. The lowest BCUT2D eigenvalue weighted by molar-refractivity contribution is -0.136. The lowest BCUT2D eigenvalue weighted by atomic mass is 10.2. The number of halogens is 1. The lowest BCUT2D eigenvalue weighted by Gasteiger charge is -2.17. The van der Waals surface area contributed by atoms with Crippen molar-refractivity contribution in [1.82, 2.24) is 15.2 Å². The molecular weight excluding hydrogens is 400 g/mol. The predicted octanol–water partition coefficient (Wildman–Crippen LogP) is 3.32. The van der Waals surface area contributed by atoms with Crippen molar-refractivity contribution in [3.05, 3.63) is 40.4 Å². The number of thiazole rings is 1. The van der Waals surface area contributed by atoms with Crippen LogP contribution in [0.15, 0.2) is 24.3 Å². The van der Waals surface area contributed by atoms with Crippen molar-refractivity contribution in [3.8, 4) is 0 Å². The first-order valence-electron chi connectivity index (χ1n) is 8.98. The predicted molar refractivity (Wildman–Crippen MR) is 115 cm³/mol. The standard InChI is InChI=1S/C19H26N4O3S.ClH/c1-4-23(5-2)11-10-20-18(26)14-6-8-15(9-7-14)22-19-21-13(3)16(27-19)12-17(24)25;/h6-9H,4-5,10-12H2,1-3H3,(H,20,26)(H,21,22)(H,24,25);1H. The number of carbonyl (C=O) groups is 2. The van der Waals surface area contributed by atoms with Crippen LogP contribution in [0.4, 0.5) is 10.8 Å². The molecule has 7 nitrogen and oxygen atoms in total. The molecule has 154 valence electrons. The highest BCUT2D eigenvalue weighted by atomic mass is 35.5. The Morgan fingerprint density at radius 3 is 2.39 bits per heavy atom. The average molecular weight is 427 g/mol. The molecule has 0 atom stereocenters. The van der Waals surface area contributed by atoms with Gasteiger partial charge in [0.15, 0.2) is 5.13 Å². The monoisotopic (exact) mass is 426 g/mol. The molecule has 0 aliphatic rings. The number of amides is 1. The molecule has 0 spiro atoms. The zero-order valence-electron chi connectivity index (χ0n) is 16.3. The largest absolute Gasteiger partial charge is 0.481 e. The maximum Gasteiger partial charge on any atom is 0.308 e. The van der Waals surface area contributed by atoms with Crippen LogP contribution < -0.4 is 10.6 Å². The molecule has 0 saturated carbocycles. The summed E-state index contributed by atoms with van der Waals surface area (Å²) in [6.45, 7) is 9.39. The van der Waals surface area contributed by atoms with Gasteiger partial charge in [0.05, 0.1) is 12.1 Å². The highest BCUT2D eigenvalue weighted by molar-refractivity contribution is 7.15. The van der Waals surface area contributed by atoms with Gasteiger partial charge in [0.2, 0.25) is 0 Å². The topological polar surface area (TPSA) is 94.6 Å². The second-order valence-electron chi connectivity index (χ2n) is 6.08. The summed E-state index contributed by atoms with van der Waals surface area (Å²) in [6.07, 6.45) is -0.0300. The number of rotatable bonds is 10. The summed E-state index contributed by atoms with van der Waals surface area (Å²) in [6, 6.07) is 7.14. The first-order valence-corrected chi connectivity index (χ1v) is 9.80. The van der Waals surface area contributed by atoms with E-state index in [0.717, 1.165) is 30.2 Å². The Bertz CT molecular complexity index is 776. The van der Waals surface area contributed by atoms with Crippen molar-refractivity contribution >= 4 is 46.4 Å². The number of carbonyl (C=O) groups excluding carboxylic acids is 1. The third-order valence-electron chi connectivity index (χ3n) is 4.21. The SMILES string of the molecule is CCN(CC)CCNC(=O)c1ccc(Nc2nc(C)c(CC(=O)O)s2)cc1.Cl. The third kappa shape index (κ3) is 7.10. The summed E-state index contributed by atoms with van der Waals surface area (Å²) in [7, 11) is 0. The number of hydrogen-bond donors (Lipinski definition) is 3. The number of benzene rings is 1. The van der Waals surface area contributed by atoms with Gasteiger partial charge in [-0.25, -0.2) is 4.98 Å². The first kappa shape index (κ1) is 23.9. The molecule has 2 rings (SSSR count). The van der Waals surface area contributed by atoms with E-state index < -0.39 is 5.97 Å². The van der Waals surface area contributed by atoms with Crippen LogP contribution >= 0.6 is 23.7 Å². The van der Waals surface area contributed by atoms with Crippen molar-refractivity contribution in [2.24, 2.45) is 0 Å². The van der Waals surface area contributed by atoms with E-state index in [1.807, 2.05) is 12.1 Å². The van der Waals surface area contributed by atoms with Gasteiger partial charge in [-0.3, -0.25) is 9.59 Å². The number of aliphatic carboxylic acids is 1. The molecule has 0 aliphatic carbocycles. The molecule has 1 amide bonds. The third-order valence-corrected chi connectivity index (χ3v) is 5.28. The zero-order chi connectivity index (χ0) is 19.8. The van der Waals surface area contributed by atoms with Crippen molar-refractivity contribution in [2.75, 3.05) is 31.5 Å². The summed E-state index contributed by atoms with van der Waals surface area (Å²) in [5.41, 5.74) is 2.11. The summed E-state index contributed by atoms with van der Waals surface area (Å²) >= 11 is 1.32. The molecule has 1 aromatic heterocycles. The molecule has 0 aliphatic heterocycles. The number of nitrogens with one attached hydrogen (secondary N) is 2. The van der Waals surface area contributed by atoms with Crippen LogP contribution in [0, 0.1) is 6.92 Å². The maximum absolute atomic E-state index is 12.2. The van der Waals surface area contributed by atoms with Crippen molar-refractivity contribution in [1.29, 1.82) is 0 Å². The minimum atomic E-state index is -0.871. The molecule has 0 radical (unpaired) electrons. The zero-order valence-corrected chi connectivity index (χ0v) is 18.0. The summed E-state index contributed by atoms with van der Waals surface area (Å²) in [4.78, 5) is 30.4. The Hall–Kier alpha value is -2.16. The smallest absolute Gasteiger partial charge is 0.308 e. The maximum atomic E-state index is 12.2. The Kier molecular flexibility index (Phi) is 9.92. The fourth-order valence-corrected chi connectivity index (χ4v) is 3.55. The summed E-state index contributed by atoms with van der Waals surface area (Å²) in [5.74, 6) is -0.966. The molecule has 9 heteroatoms. The second-order valence-corrected chi connectivity index (χ2v) is 7.17. The van der Waals surface area contributed by atoms with Crippen LogP contribution in [0.1, 0.15) is 34.8 Å². The summed E-state index contributed by atoms with van der Waals surface area (Å²) in [5, 5.41) is 15.6. The van der Waals surface area contributed by atoms with Gasteiger partial charge < -0.3 is 20.6 Å². The van der Waals surface area contributed by atoms with E-state index in [0.29, 0.717) is 22.9 Å². The molecule has 0 bridgehead atoms. The fourth-order valence-electron chi connectivity index (χ4n) is 2.58. The number of carboxylic acids is 1. The Morgan fingerprint density at radius 1 is 1.18 bits per heavy atom. The summed E-state index contributed by atoms with van der Waals surface area (Å²) < 4.78 is 0. The van der Waals surface area contributed by atoms with Gasteiger partial charge in [0.1, 0.15) is 0 Å². The van der Waals surface area contributed by atoms with Gasteiger partial charge >= 0.3 is 5.97 Å². The van der Waals surface area contributed by atoms with Gasteiger partial charge in [0.25, 0.3) is 5.91 Å². The van der Waals surface area contributed by atoms with Crippen molar-refractivity contribution in [2.45, 2.75) is 27.2 Å². The van der Waals surface area contributed by atoms with Gasteiger partial charge in [0, 0.05) is 29.2 Å². The van der Waals surface area contributed by atoms with Gasteiger partial charge in [-0.15, -0.1) is 23.7 Å². The molecule has 2 aromatic rings. The quantitative estimate of drug-likeness (QED) is 0.539. The van der Waals surface area contributed by atoms with Crippen LogP contribution in [-0.2, 0) is 11.2 Å². The van der Waals surface area contributed by atoms with E-state index in [2.05, 4.69) is 34.4 Å². The van der Waals surface area contributed by atoms with Gasteiger partial charge in [-0.1, -0.05) is 13.8 Å². The second kappa shape index (κ2) is 11.6. The number of hydrogen-bond acceptors (Lipinski definition) is 6. The van der Waals surface area contributed by atoms with Crippen molar-refractivity contribution < 1.29 is 14.7 Å². The Morgan fingerprint density at radius 2 is 1.82 bits per heavy atom. The number of likely N-dealkylation sites (N-methyl/N-ethyl adjacent to an activating group) is 1. The average Bonchev–Trinajstić information content (AvgIpc) is 2.97. The number of nitrogens with zero attached hydrogens (tertiary/aromatic N) is 2. The van der Waals surface area contributed by atoms with E-state index in [4.69, 9.17) is 5.11 Å². The normalized spacial score (nSPS) is 10.4. The number of anilines is 2. The van der Waals surface area contributed by atoms with Crippen LogP contribution in [0.3, 0.4) is 0 Å². The fraction of sp³-hybridized carbons (Fsp3) is 0.421. The van der Waals surface area contributed by atoms with E-state index in [-0.39, 0.29) is 24.7 Å². The lowest BCUT2D eigenvalue weighted by Crippen LogP contribution is -2.34. The molecule has 0 saturated heterocycles. The molecule has 0 fully saturated rings. The number of aryl methyl sites for hydroxylation is 1. The highest BCUT2D eigenvalue weighted by Gasteiger charge is 2.11. The van der Waals surface area contributed by atoms with Crippen LogP contribution in [0.25, 0.3) is 0 Å². The van der Waals surface area contributed by atoms with E-state index >= 15 is 0 Å².